The number of rotatable bonds is 4. The zero-order chi connectivity index (χ0) is 23.3. The zero-order valence-electron chi connectivity index (χ0n) is 19.3. The third-order valence-electron chi connectivity index (χ3n) is 6.28. The number of aryl methyl sites for hydroxylation is 2. The molecule has 0 unspecified atom stereocenters. The molecular formula is C23H27N7OS. The van der Waals surface area contributed by atoms with Gasteiger partial charge in [-0.25, -0.2) is 15.0 Å². The molecule has 4 aromatic rings. The van der Waals surface area contributed by atoms with E-state index in [0.717, 1.165) is 61.1 Å². The molecule has 0 aliphatic carbocycles. The summed E-state index contributed by atoms with van der Waals surface area (Å²) in [7, 11) is 1.80. The molecule has 0 saturated heterocycles. The molecule has 32 heavy (non-hydrogen) atoms. The molecular weight excluding hydrogens is 422 g/mol. The van der Waals surface area contributed by atoms with Gasteiger partial charge in [-0.1, -0.05) is 5.16 Å². The lowest BCUT2D eigenvalue weighted by Gasteiger charge is -2.20. The second kappa shape index (κ2) is 7.90. The summed E-state index contributed by atoms with van der Waals surface area (Å²) in [6, 6.07) is 1.90. The second-order valence-corrected chi connectivity index (χ2v) is 9.10. The van der Waals surface area contributed by atoms with Crippen molar-refractivity contribution in [1.82, 2.24) is 19.4 Å². The molecule has 166 valence electrons. The molecule has 3 aromatic heterocycles. The lowest BCUT2D eigenvalue weighted by molar-refractivity contribution is 0.318. The first kappa shape index (κ1) is 21.8. The molecule has 9 heteroatoms. The maximum atomic E-state index is 9.42. The van der Waals surface area contributed by atoms with Crippen LogP contribution in [0.4, 0.5) is 5.95 Å². The topological polar surface area (TPSA) is 114 Å². The van der Waals surface area contributed by atoms with Crippen molar-refractivity contribution in [1.29, 1.82) is 0 Å². The predicted molar refractivity (Wildman–Crippen MR) is 130 cm³/mol. The lowest BCUT2D eigenvalue weighted by atomic mass is 9.86. The van der Waals surface area contributed by atoms with Crippen molar-refractivity contribution in [3.8, 4) is 22.6 Å². The van der Waals surface area contributed by atoms with Crippen molar-refractivity contribution in [3.63, 3.8) is 0 Å². The van der Waals surface area contributed by atoms with Crippen LogP contribution in [0.1, 0.15) is 38.4 Å². The number of thiazole rings is 1. The van der Waals surface area contributed by atoms with Gasteiger partial charge in [0.25, 0.3) is 0 Å². The fraction of sp³-hybridized carbons (Fsp3) is 0.304. The van der Waals surface area contributed by atoms with E-state index < -0.39 is 0 Å². The van der Waals surface area contributed by atoms with E-state index in [0.29, 0.717) is 5.95 Å². The van der Waals surface area contributed by atoms with Gasteiger partial charge in [0.05, 0.1) is 5.69 Å². The number of benzene rings is 1. The Kier molecular flexibility index (Phi) is 5.37. The van der Waals surface area contributed by atoms with Gasteiger partial charge in [-0.2, -0.15) is 0 Å². The number of nitrogens with two attached hydrogens (primary N) is 1. The van der Waals surface area contributed by atoms with E-state index in [-0.39, 0.29) is 5.84 Å². The first-order valence-corrected chi connectivity index (χ1v) is 11.1. The third-order valence-corrected chi connectivity index (χ3v) is 7.34. The van der Waals surface area contributed by atoms with Gasteiger partial charge < -0.3 is 16.3 Å². The van der Waals surface area contributed by atoms with E-state index in [4.69, 9.17) is 15.7 Å². The minimum Gasteiger partial charge on any atom is -0.409 e. The standard InChI is InChI=1S/C23H27N7OS/c1-10-11(2)17(13(4)18(12(10)3)21(24)29-31)19-20(16-8-9-26-22(25-7)27-16)30-14(5)15(6)32-23(30)28-19/h8-9,31H,1-7H3,(H2,24,29)(H,25,26,27). The summed E-state index contributed by atoms with van der Waals surface area (Å²) in [4.78, 5) is 16.2. The first-order valence-electron chi connectivity index (χ1n) is 10.3. The average molecular weight is 450 g/mol. The van der Waals surface area contributed by atoms with E-state index in [1.165, 1.54) is 4.88 Å². The number of hydrogen-bond acceptors (Lipinski definition) is 7. The number of amidine groups is 1. The van der Waals surface area contributed by atoms with Crippen LogP contribution in [0.25, 0.3) is 27.6 Å². The normalized spacial score (nSPS) is 12.0. The summed E-state index contributed by atoms with van der Waals surface area (Å²) in [6.07, 6.45) is 1.74. The lowest BCUT2D eigenvalue weighted by Crippen LogP contribution is -2.18. The average Bonchev–Trinajstić information content (AvgIpc) is 3.27. The molecule has 1 aromatic carbocycles. The molecule has 4 rings (SSSR count). The molecule has 0 aliphatic heterocycles. The Bertz CT molecular complexity index is 1400. The molecule has 3 heterocycles. The molecule has 0 spiro atoms. The fourth-order valence-corrected chi connectivity index (χ4v) is 5.27. The summed E-state index contributed by atoms with van der Waals surface area (Å²) < 4.78 is 2.16. The Hall–Kier alpha value is -3.46. The van der Waals surface area contributed by atoms with E-state index >= 15 is 0 Å². The van der Waals surface area contributed by atoms with Crippen LogP contribution in [0.15, 0.2) is 17.4 Å². The highest BCUT2D eigenvalue weighted by Crippen LogP contribution is 2.41. The summed E-state index contributed by atoms with van der Waals surface area (Å²) >= 11 is 1.65. The number of fused-ring (bicyclic) bond motifs is 1. The van der Waals surface area contributed by atoms with Crippen molar-refractivity contribution in [3.05, 3.63) is 50.7 Å². The van der Waals surface area contributed by atoms with E-state index in [2.05, 4.69) is 47.6 Å². The SMILES string of the molecule is CNc1nccc(-c2c(-c3c(C)c(C)c(C)c(/C(N)=N/O)c3C)nc3sc(C)c(C)n23)n1. The van der Waals surface area contributed by atoms with Crippen LogP contribution in [-0.4, -0.2) is 37.4 Å². The van der Waals surface area contributed by atoms with E-state index in [1.807, 2.05) is 19.9 Å². The Labute approximate surface area is 190 Å². The maximum absolute atomic E-state index is 9.42. The number of aromatic nitrogens is 4. The first-order chi connectivity index (χ1) is 15.2. The minimum absolute atomic E-state index is 0.0958. The smallest absolute Gasteiger partial charge is 0.222 e. The Balaban J connectivity index is 2.17. The van der Waals surface area contributed by atoms with Gasteiger partial charge >= 0.3 is 0 Å². The van der Waals surface area contributed by atoms with Crippen molar-refractivity contribution < 1.29 is 5.21 Å². The molecule has 0 aliphatic rings. The van der Waals surface area contributed by atoms with E-state index in [1.54, 1.807) is 24.6 Å². The van der Waals surface area contributed by atoms with Gasteiger partial charge in [0.15, 0.2) is 10.8 Å². The van der Waals surface area contributed by atoms with Crippen molar-refractivity contribution in [2.45, 2.75) is 41.5 Å². The van der Waals surface area contributed by atoms with Gasteiger partial charge in [0, 0.05) is 34.9 Å². The van der Waals surface area contributed by atoms with Gasteiger partial charge in [-0.3, -0.25) is 4.40 Å². The molecule has 8 nitrogen and oxygen atoms in total. The van der Waals surface area contributed by atoms with Crippen molar-refractivity contribution in [2.24, 2.45) is 10.9 Å². The second-order valence-electron chi connectivity index (χ2n) is 7.92. The summed E-state index contributed by atoms with van der Waals surface area (Å²) in [5, 5.41) is 15.7. The van der Waals surface area contributed by atoms with Crippen LogP contribution >= 0.6 is 11.3 Å². The zero-order valence-corrected chi connectivity index (χ0v) is 20.1. The molecule has 0 saturated carbocycles. The molecule has 0 bridgehead atoms. The number of anilines is 1. The number of imidazole rings is 1. The number of nitrogens with zero attached hydrogens (tertiary/aromatic N) is 5. The van der Waals surface area contributed by atoms with Gasteiger partial charge in [-0.15, -0.1) is 11.3 Å². The van der Waals surface area contributed by atoms with Gasteiger partial charge in [-0.05, 0) is 69.9 Å². The maximum Gasteiger partial charge on any atom is 0.222 e. The predicted octanol–water partition coefficient (Wildman–Crippen LogP) is 4.51. The van der Waals surface area contributed by atoms with Crippen LogP contribution in [0.5, 0.6) is 0 Å². The molecule has 0 atom stereocenters. The number of oxime groups is 1. The Morgan fingerprint density at radius 3 is 2.44 bits per heavy atom. The quantitative estimate of drug-likeness (QED) is 0.183. The Morgan fingerprint density at radius 1 is 1.06 bits per heavy atom. The third kappa shape index (κ3) is 3.12. The molecule has 0 fully saturated rings. The highest BCUT2D eigenvalue weighted by atomic mass is 32.1. The summed E-state index contributed by atoms with van der Waals surface area (Å²) in [5.74, 6) is 0.636. The minimum atomic E-state index is 0.0958. The van der Waals surface area contributed by atoms with Gasteiger partial charge in [0.1, 0.15) is 11.4 Å². The Morgan fingerprint density at radius 2 is 1.78 bits per heavy atom. The monoisotopic (exact) mass is 449 g/mol. The van der Waals surface area contributed by atoms with Gasteiger partial charge in [0.2, 0.25) is 5.95 Å². The number of hydrogen-bond donors (Lipinski definition) is 3. The van der Waals surface area contributed by atoms with Crippen molar-refractivity contribution in [2.75, 3.05) is 12.4 Å². The van der Waals surface area contributed by atoms with E-state index in [9.17, 15) is 5.21 Å². The molecule has 0 amide bonds. The summed E-state index contributed by atoms with van der Waals surface area (Å²) in [6.45, 7) is 12.3. The molecule has 0 radical (unpaired) electrons. The largest absolute Gasteiger partial charge is 0.409 e. The number of nitrogens with one attached hydrogen (secondary N) is 1. The van der Waals surface area contributed by atoms with Crippen LogP contribution in [-0.2, 0) is 0 Å². The fourth-order valence-electron chi connectivity index (χ4n) is 4.30. The molecule has 4 N–H and O–H groups in total. The highest BCUT2D eigenvalue weighted by molar-refractivity contribution is 7.17. The highest BCUT2D eigenvalue weighted by Gasteiger charge is 2.26. The van der Waals surface area contributed by atoms with Crippen LogP contribution in [0, 0.1) is 41.5 Å². The summed E-state index contributed by atoms with van der Waals surface area (Å²) in [5.41, 5.74) is 15.5. The van der Waals surface area contributed by atoms with Crippen molar-refractivity contribution >= 4 is 28.1 Å². The van der Waals surface area contributed by atoms with Crippen LogP contribution in [0.3, 0.4) is 0 Å². The van der Waals surface area contributed by atoms with Crippen LogP contribution < -0.4 is 11.1 Å². The van der Waals surface area contributed by atoms with Crippen LogP contribution in [0.2, 0.25) is 0 Å².